The van der Waals surface area contributed by atoms with E-state index >= 15 is 0 Å². The van der Waals surface area contributed by atoms with E-state index in [2.05, 4.69) is 5.10 Å². The van der Waals surface area contributed by atoms with E-state index in [0.29, 0.717) is 0 Å². The number of hydrogen-bond acceptors (Lipinski definition) is 7. The molecule has 10 nitrogen and oxygen atoms in total. The number of nitrogens with one attached hydrogen (secondary N) is 2. The molecule has 20 heavy (non-hydrogen) atoms. The first-order valence-electron chi connectivity index (χ1n) is 5.66. The van der Waals surface area contributed by atoms with Gasteiger partial charge in [-0.25, -0.2) is 18.3 Å². The van der Waals surface area contributed by atoms with Crippen LogP contribution in [0.25, 0.3) is 0 Å². The van der Waals surface area contributed by atoms with Crippen molar-refractivity contribution in [2.24, 2.45) is 0 Å². The largest absolute Gasteiger partial charge is 0.481 e. The molecule has 11 heteroatoms. The highest BCUT2D eigenvalue weighted by Gasteiger charge is 2.34. The summed E-state index contributed by atoms with van der Waals surface area (Å²) in [6, 6.07) is -0.897. The second kappa shape index (κ2) is 5.07. The fraction of sp³-hybridized carbons (Fsp3) is 0.556. The first-order valence-corrected chi connectivity index (χ1v) is 7.48. The van der Waals surface area contributed by atoms with Gasteiger partial charge in [-0.1, -0.05) is 0 Å². The van der Waals surface area contributed by atoms with E-state index in [4.69, 9.17) is 5.11 Å². The SMILES string of the molecule is O=C(O)CC1CS(=O)(=O)CCN1c1n[nH]c(=O)[nH]c1=O. The maximum atomic E-state index is 11.7. The molecule has 1 atom stereocenters. The molecule has 0 spiro atoms. The van der Waals surface area contributed by atoms with Crippen molar-refractivity contribution < 1.29 is 18.3 Å². The molecule has 0 amide bonds. The molecule has 3 N–H and O–H groups in total. The molecule has 2 heterocycles. The molecule has 0 aromatic carbocycles. The summed E-state index contributed by atoms with van der Waals surface area (Å²) < 4.78 is 23.1. The summed E-state index contributed by atoms with van der Waals surface area (Å²) in [5, 5.41) is 14.4. The third-order valence-electron chi connectivity index (χ3n) is 2.91. The molecule has 0 radical (unpaired) electrons. The Bertz CT molecular complexity index is 735. The Morgan fingerprint density at radius 2 is 2.15 bits per heavy atom. The number of sulfone groups is 1. The van der Waals surface area contributed by atoms with E-state index < -0.39 is 39.5 Å². The maximum absolute atomic E-state index is 11.7. The van der Waals surface area contributed by atoms with Crippen LogP contribution in [0.1, 0.15) is 6.42 Å². The average Bonchev–Trinajstić information content (AvgIpc) is 2.29. The number of aromatic nitrogens is 3. The van der Waals surface area contributed by atoms with Crippen LogP contribution >= 0.6 is 0 Å². The van der Waals surface area contributed by atoms with Crippen LogP contribution in [0.5, 0.6) is 0 Å². The third-order valence-corrected chi connectivity index (χ3v) is 4.60. The Morgan fingerprint density at radius 3 is 2.75 bits per heavy atom. The Morgan fingerprint density at radius 1 is 1.45 bits per heavy atom. The fourth-order valence-electron chi connectivity index (χ4n) is 2.07. The number of aliphatic carboxylic acids is 1. The van der Waals surface area contributed by atoms with Crippen LogP contribution in [-0.2, 0) is 14.6 Å². The minimum Gasteiger partial charge on any atom is -0.481 e. The summed E-state index contributed by atoms with van der Waals surface area (Å²) in [5.74, 6) is -1.95. The summed E-state index contributed by atoms with van der Waals surface area (Å²) in [7, 11) is -3.36. The van der Waals surface area contributed by atoms with Gasteiger partial charge in [0.25, 0.3) is 5.56 Å². The zero-order valence-electron chi connectivity index (χ0n) is 10.2. The highest BCUT2D eigenvalue weighted by Crippen LogP contribution is 2.18. The number of rotatable bonds is 3. The molecule has 1 aromatic heterocycles. The van der Waals surface area contributed by atoms with Gasteiger partial charge < -0.3 is 10.0 Å². The fourth-order valence-corrected chi connectivity index (χ4v) is 3.60. The number of aromatic amines is 2. The van der Waals surface area contributed by atoms with Crippen LogP contribution in [0.3, 0.4) is 0 Å². The summed E-state index contributed by atoms with van der Waals surface area (Å²) in [4.78, 5) is 36.6. The second-order valence-corrected chi connectivity index (χ2v) is 6.62. The summed E-state index contributed by atoms with van der Waals surface area (Å²) in [6.07, 6.45) is -0.445. The van der Waals surface area contributed by atoms with Crippen molar-refractivity contribution in [3.05, 3.63) is 20.8 Å². The quantitative estimate of drug-likeness (QED) is 0.555. The van der Waals surface area contributed by atoms with Crippen LogP contribution in [0.4, 0.5) is 5.82 Å². The molecule has 110 valence electrons. The minimum absolute atomic E-state index is 0.0532. The molecule has 1 aliphatic rings. The van der Waals surface area contributed by atoms with Gasteiger partial charge in [-0.2, -0.15) is 0 Å². The van der Waals surface area contributed by atoms with Crippen LogP contribution < -0.4 is 16.1 Å². The molecule has 0 aliphatic carbocycles. The van der Waals surface area contributed by atoms with Crippen molar-refractivity contribution >= 4 is 21.6 Å². The lowest BCUT2D eigenvalue weighted by atomic mass is 10.2. The lowest BCUT2D eigenvalue weighted by molar-refractivity contribution is -0.137. The number of carbonyl (C=O) groups is 1. The number of carboxylic acid groups (broad SMARTS) is 1. The first-order chi connectivity index (χ1) is 9.28. The number of H-pyrrole nitrogens is 2. The number of nitrogens with zero attached hydrogens (tertiary/aromatic N) is 2. The van der Waals surface area contributed by atoms with E-state index in [1.807, 2.05) is 10.1 Å². The zero-order chi connectivity index (χ0) is 14.9. The van der Waals surface area contributed by atoms with E-state index in [1.54, 1.807) is 0 Å². The van der Waals surface area contributed by atoms with Gasteiger partial charge in [-0.15, -0.1) is 5.10 Å². The smallest absolute Gasteiger partial charge is 0.342 e. The Balaban J connectivity index is 2.39. The van der Waals surface area contributed by atoms with Crippen molar-refractivity contribution in [1.29, 1.82) is 0 Å². The van der Waals surface area contributed by atoms with Crippen LogP contribution in [0, 0.1) is 0 Å². The van der Waals surface area contributed by atoms with Gasteiger partial charge in [0, 0.05) is 6.54 Å². The first kappa shape index (κ1) is 14.2. The van der Waals surface area contributed by atoms with Crippen molar-refractivity contribution in [2.75, 3.05) is 23.0 Å². The van der Waals surface area contributed by atoms with Crippen molar-refractivity contribution in [3.63, 3.8) is 0 Å². The predicted molar refractivity (Wildman–Crippen MR) is 67.5 cm³/mol. The lowest BCUT2D eigenvalue weighted by Gasteiger charge is -2.34. The zero-order valence-corrected chi connectivity index (χ0v) is 11.0. The molecule has 1 unspecified atom stereocenters. The summed E-state index contributed by atoms with van der Waals surface area (Å²) >= 11 is 0. The van der Waals surface area contributed by atoms with Gasteiger partial charge in [0.05, 0.1) is 24.0 Å². The van der Waals surface area contributed by atoms with Crippen LogP contribution in [0.2, 0.25) is 0 Å². The lowest BCUT2D eigenvalue weighted by Crippen LogP contribution is -2.52. The number of hydrogen-bond donors (Lipinski definition) is 3. The van der Waals surface area contributed by atoms with Gasteiger partial charge in [0.15, 0.2) is 9.84 Å². The normalized spacial score (nSPS) is 21.6. The standard InChI is InChI=1S/C9H12N4O6S/c14-6(15)3-5-4-20(18,19)2-1-13(5)7-8(16)10-9(17)12-11-7/h5H,1-4H2,(H,14,15)(H2,10,12,16,17). The topological polar surface area (TPSA) is 153 Å². The van der Waals surface area contributed by atoms with Gasteiger partial charge >= 0.3 is 11.7 Å². The molecule has 0 saturated carbocycles. The minimum atomic E-state index is -3.36. The van der Waals surface area contributed by atoms with Crippen molar-refractivity contribution in [2.45, 2.75) is 12.5 Å². The molecule has 1 saturated heterocycles. The van der Waals surface area contributed by atoms with Gasteiger partial charge in [0.2, 0.25) is 5.82 Å². The van der Waals surface area contributed by atoms with Gasteiger partial charge in [-0.3, -0.25) is 14.6 Å². The summed E-state index contributed by atoms with van der Waals surface area (Å²) in [6.45, 7) is -0.0532. The van der Waals surface area contributed by atoms with Gasteiger partial charge in [0.1, 0.15) is 0 Å². The number of anilines is 1. The molecule has 0 bridgehead atoms. The van der Waals surface area contributed by atoms with Crippen LogP contribution in [-0.4, -0.2) is 58.8 Å². The number of carboxylic acids is 1. The molecule has 2 rings (SSSR count). The molecular formula is C9H12N4O6S. The van der Waals surface area contributed by atoms with E-state index in [1.165, 1.54) is 4.90 Å². The molecule has 1 aromatic rings. The van der Waals surface area contributed by atoms with Crippen LogP contribution in [0.15, 0.2) is 9.59 Å². The van der Waals surface area contributed by atoms with E-state index in [-0.39, 0.29) is 23.9 Å². The Kier molecular flexibility index (Phi) is 3.61. The Hall–Kier alpha value is -2.17. The molecule has 1 aliphatic heterocycles. The Labute approximate surface area is 112 Å². The van der Waals surface area contributed by atoms with Crippen molar-refractivity contribution in [1.82, 2.24) is 15.2 Å². The van der Waals surface area contributed by atoms with E-state index in [9.17, 15) is 22.8 Å². The second-order valence-electron chi connectivity index (χ2n) is 4.39. The highest BCUT2D eigenvalue weighted by molar-refractivity contribution is 7.91. The van der Waals surface area contributed by atoms with Gasteiger partial charge in [-0.05, 0) is 0 Å². The summed E-state index contributed by atoms with van der Waals surface area (Å²) in [5.41, 5.74) is -1.58. The highest BCUT2D eigenvalue weighted by atomic mass is 32.2. The van der Waals surface area contributed by atoms with Crippen molar-refractivity contribution in [3.8, 4) is 0 Å². The molecular weight excluding hydrogens is 292 g/mol. The maximum Gasteiger partial charge on any atom is 0.342 e. The molecule has 1 fully saturated rings. The monoisotopic (exact) mass is 304 g/mol. The third kappa shape index (κ3) is 3.04. The predicted octanol–water partition coefficient (Wildman–Crippen LogP) is -2.46. The average molecular weight is 304 g/mol. The van der Waals surface area contributed by atoms with E-state index in [0.717, 1.165) is 0 Å².